The van der Waals surface area contributed by atoms with Gasteiger partial charge in [-0.15, -0.1) is 11.3 Å². The minimum Gasteiger partial charge on any atom is -0.354 e. The molecule has 29 heavy (non-hydrogen) atoms. The van der Waals surface area contributed by atoms with Crippen LogP contribution in [-0.2, 0) is 4.79 Å². The molecule has 2 aromatic rings. The second kappa shape index (κ2) is 10.9. The molecular weight excluding hydrogens is 386 g/mol. The third-order valence-electron chi connectivity index (χ3n) is 4.90. The fourth-order valence-electron chi connectivity index (χ4n) is 3.43. The molecule has 2 N–H and O–H groups in total. The highest BCUT2D eigenvalue weighted by atomic mass is 32.1. The second-order valence-electron chi connectivity index (χ2n) is 7.28. The van der Waals surface area contributed by atoms with Crippen LogP contribution in [0.2, 0.25) is 0 Å². The van der Waals surface area contributed by atoms with Crippen molar-refractivity contribution in [3.63, 3.8) is 0 Å². The van der Waals surface area contributed by atoms with Gasteiger partial charge in [0.05, 0.1) is 4.88 Å². The minimum atomic E-state index is -0.0707. The SMILES string of the molecule is CC(CN1CCN(c2ccccn2)CC1)NC(=O)CCCNC(=O)c1cccs1. The van der Waals surface area contributed by atoms with Gasteiger partial charge in [-0.3, -0.25) is 14.5 Å². The topological polar surface area (TPSA) is 77.6 Å². The number of thiophene rings is 1. The standard InChI is InChI=1S/C21H29N5O2S/c1-17(16-25-11-13-26(14-12-25)19-7-2-3-9-22-19)24-20(27)8-4-10-23-21(28)18-6-5-15-29-18/h2-3,5-7,9,15,17H,4,8,10-14,16H2,1H3,(H,23,28)(H,24,27). The van der Waals surface area contributed by atoms with Gasteiger partial charge in [0.1, 0.15) is 5.82 Å². The molecule has 0 radical (unpaired) electrons. The lowest BCUT2D eigenvalue weighted by Crippen LogP contribution is -2.51. The lowest BCUT2D eigenvalue weighted by Gasteiger charge is -2.36. The molecule has 7 nitrogen and oxygen atoms in total. The van der Waals surface area contributed by atoms with E-state index in [-0.39, 0.29) is 17.9 Å². The van der Waals surface area contributed by atoms with Crippen LogP contribution in [0.25, 0.3) is 0 Å². The van der Waals surface area contributed by atoms with Gasteiger partial charge in [0.25, 0.3) is 5.91 Å². The summed E-state index contributed by atoms with van der Waals surface area (Å²) in [6.07, 6.45) is 2.88. The number of carbonyl (C=O) groups is 2. The van der Waals surface area contributed by atoms with Gasteiger partial charge in [-0.1, -0.05) is 12.1 Å². The maximum Gasteiger partial charge on any atom is 0.261 e. The Hall–Kier alpha value is -2.45. The quantitative estimate of drug-likeness (QED) is 0.613. The van der Waals surface area contributed by atoms with Crippen molar-refractivity contribution >= 4 is 29.0 Å². The van der Waals surface area contributed by atoms with Crippen LogP contribution in [0.4, 0.5) is 5.82 Å². The third-order valence-corrected chi connectivity index (χ3v) is 5.76. The Kier molecular flexibility index (Phi) is 8.01. The monoisotopic (exact) mass is 415 g/mol. The fraction of sp³-hybridized carbons (Fsp3) is 0.476. The Morgan fingerprint density at radius 1 is 1.17 bits per heavy atom. The van der Waals surface area contributed by atoms with Crippen molar-refractivity contribution in [2.45, 2.75) is 25.8 Å². The number of amides is 2. The van der Waals surface area contributed by atoms with Crippen LogP contribution in [0.1, 0.15) is 29.4 Å². The van der Waals surface area contributed by atoms with Crippen molar-refractivity contribution < 1.29 is 9.59 Å². The van der Waals surface area contributed by atoms with E-state index in [0.29, 0.717) is 24.3 Å². The average molecular weight is 416 g/mol. The number of carbonyl (C=O) groups excluding carboxylic acids is 2. The van der Waals surface area contributed by atoms with E-state index in [4.69, 9.17) is 0 Å². The van der Waals surface area contributed by atoms with Gasteiger partial charge in [-0.25, -0.2) is 4.98 Å². The van der Waals surface area contributed by atoms with Crippen molar-refractivity contribution in [3.8, 4) is 0 Å². The number of piperazine rings is 1. The number of pyridine rings is 1. The highest BCUT2D eigenvalue weighted by molar-refractivity contribution is 7.12. The molecule has 3 heterocycles. The van der Waals surface area contributed by atoms with E-state index in [1.54, 1.807) is 6.07 Å². The minimum absolute atomic E-state index is 0.0370. The predicted octanol–water partition coefficient (Wildman–Crippen LogP) is 1.98. The summed E-state index contributed by atoms with van der Waals surface area (Å²) in [7, 11) is 0. The molecule has 0 spiro atoms. The van der Waals surface area contributed by atoms with Crippen molar-refractivity contribution in [2.24, 2.45) is 0 Å². The van der Waals surface area contributed by atoms with Gasteiger partial charge in [0, 0.05) is 57.9 Å². The van der Waals surface area contributed by atoms with E-state index in [2.05, 4.69) is 25.4 Å². The molecule has 1 aliphatic heterocycles. The Morgan fingerprint density at radius 2 is 2.00 bits per heavy atom. The molecule has 1 atom stereocenters. The molecule has 156 valence electrons. The third kappa shape index (κ3) is 6.83. The highest BCUT2D eigenvalue weighted by Gasteiger charge is 2.20. The number of hydrogen-bond donors (Lipinski definition) is 2. The van der Waals surface area contributed by atoms with Gasteiger partial charge < -0.3 is 15.5 Å². The maximum atomic E-state index is 12.1. The van der Waals surface area contributed by atoms with Gasteiger partial charge in [-0.05, 0) is 36.9 Å². The lowest BCUT2D eigenvalue weighted by atomic mass is 10.2. The van der Waals surface area contributed by atoms with E-state index < -0.39 is 0 Å². The maximum absolute atomic E-state index is 12.1. The highest BCUT2D eigenvalue weighted by Crippen LogP contribution is 2.12. The molecule has 2 aromatic heterocycles. The first-order chi connectivity index (χ1) is 14.1. The van der Waals surface area contributed by atoms with E-state index in [1.165, 1.54) is 11.3 Å². The number of hydrogen-bond acceptors (Lipinski definition) is 6. The molecular formula is C21H29N5O2S. The summed E-state index contributed by atoms with van der Waals surface area (Å²) in [6, 6.07) is 9.74. The van der Waals surface area contributed by atoms with Crippen molar-refractivity contribution in [1.29, 1.82) is 0 Å². The first-order valence-corrected chi connectivity index (χ1v) is 11.0. The summed E-state index contributed by atoms with van der Waals surface area (Å²) < 4.78 is 0. The fourth-order valence-corrected chi connectivity index (χ4v) is 4.07. The molecule has 0 aromatic carbocycles. The molecule has 0 aliphatic carbocycles. The van der Waals surface area contributed by atoms with Crippen LogP contribution in [0.3, 0.4) is 0 Å². The van der Waals surface area contributed by atoms with Crippen molar-refractivity contribution in [1.82, 2.24) is 20.5 Å². The van der Waals surface area contributed by atoms with E-state index in [0.717, 1.165) is 38.5 Å². The lowest BCUT2D eigenvalue weighted by molar-refractivity contribution is -0.121. The summed E-state index contributed by atoms with van der Waals surface area (Å²) in [6.45, 7) is 7.22. The van der Waals surface area contributed by atoms with E-state index in [9.17, 15) is 9.59 Å². The molecule has 1 saturated heterocycles. The Bertz CT molecular complexity index is 761. The second-order valence-corrected chi connectivity index (χ2v) is 8.23. The zero-order valence-electron chi connectivity index (χ0n) is 16.8. The van der Waals surface area contributed by atoms with Crippen LogP contribution in [0, 0.1) is 0 Å². The number of nitrogens with one attached hydrogen (secondary N) is 2. The molecule has 8 heteroatoms. The first kappa shape index (κ1) is 21.3. The summed E-state index contributed by atoms with van der Waals surface area (Å²) in [4.78, 5) is 33.8. The Morgan fingerprint density at radius 3 is 2.69 bits per heavy atom. The molecule has 0 bridgehead atoms. The van der Waals surface area contributed by atoms with Gasteiger partial charge in [-0.2, -0.15) is 0 Å². The van der Waals surface area contributed by atoms with Gasteiger partial charge in [0.15, 0.2) is 0 Å². The van der Waals surface area contributed by atoms with Crippen molar-refractivity contribution in [3.05, 3.63) is 46.8 Å². The summed E-state index contributed by atoms with van der Waals surface area (Å²) in [5, 5.41) is 7.80. The van der Waals surface area contributed by atoms with E-state index in [1.807, 2.05) is 42.8 Å². The average Bonchev–Trinajstić information content (AvgIpc) is 3.27. The summed E-state index contributed by atoms with van der Waals surface area (Å²) >= 11 is 1.42. The van der Waals surface area contributed by atoms with Crippen molar-refractivity contribution in [2.75, 3.05) is 44.2 Å². The summed E-state index contributed by atoms with van der Waals surface area (Å²) in [5.41, 5.74) is 0. The number of aromatic nitrogens is 1. The molecule has 1 unspecified atom stereocenters. The largest absolute Gasteiger partial charge is 0.354 e. The summed E-state index contributed by atoms with van der Waals surface area (Å²) in [5.74, 6) is 0.994. The van der Waals surface area contributed by atoms with Crippen LogP contribution < -0.4 is 15.5 Å². The van der Waals surface area contributed by atoms with Crippen LogP contribution in [-0.4, -0.2) is 67.0 Å². The number of anilines is 1. The van der Waals surface area contributed by atoms with Gasteiger partial charge in [0.2, 0.25) is 5.91 Å². The van der Waals surface area contributed by atoms with Gasteiger partial charge >= 0.3 is 0 Å². The normalized spacial score (nSPS) is 15.7. The Labute approximate surface area is 176 Å². The van der Waals surface area contributed by atoms with Crippen LogP contribution >= 0.6 is 11.3 Å². The molecule has 3 rings (SSSR count). The van der Waals surface area contributed by atoms with Crippen LogP contribution in [0.5, 0.6) is 0 Å². The predicted molar refractivity (Wildman–Crippen MR) is 116 cm³/mol. The molecule has 0 saturated carbocycles. The van der Waals surface area contributed by atoms with Crippen LogP contribution in [0.15, 0.2) is 41.9 Å². The molecule has 1 fully saturated rings. The molecule has 1 aliphatic rings. The molecule has 2 amide bonds. The smallest absolute Gasteiger partial charge is 0.261 e. The first-order valence-electron chi connectivity index (χ1n) is 10.1. The number of rotatable bonds is 9. The Balaban J connectivity index is 1.28. The number of nitrogens with zero attached hydrogens (tertiary/aromatic N) is 3. The zero-order valence-corrected chi connectivity index (χ0v) is 17.7. The zero-order chi connectivity index (χ0) is 20.5. The van der Waals surface area contributed by atoms with E-state index >= 15 is 0 Å².